The van der Waals surface area contributed by atoms with Crippen molar-refractivity contribution in [3.05, 3.63) is 22.1 Å². The van der Waals surface area contributed by atoms with Gasteiger partial charge in [-0.05, 0) is 18.6 Å². The van der Waals surface area contributed by atoms with Gasteiger partial charge in [0, 0.05) is 12.1 Å². The molecule has 2 heterocycles. The normalized spacial score (nSPS) is 13.4. The van der Waals surface area contributed by atoms with E-state index in [-0.39, 0.29) is 35.6 Å². The fraction of sp³-hybridized carbons (Fsp3) is 0.467. The van der Waals surface area contributed by atoms with Gasteiger partial charge in [-0.3, -0.25) is 19.7 Å². The number of rotatable bonds is 9. The number of carbonyl (C=O) groups is 2. The predicted octanol–water partition coefficient (Wildman–Crippen LogP) is 1.29. The number of amides is 2. The molecule has 1 aliphatic carbocycles. The van der Waals surface area contributed by atoms with Gasteiger partial charge in [0.05, 0.1) is 17.9 Å². The number of hydrogen-bond donors (Lipinski definition) is 3. The highest BCUT2D eigenvalue weighted by Crippen LogP contribution is 2.25. The Labute approximate surface area is 167 Å². The van der Waals surface area contributed by atoms with Crippen LogP contribution >= 0.6 is 34.9 Å². The van der Waals surface area contributed by atoms with Crippen molar-refractivity contribution in [1.82, 2.24) is 25.5 Å². The van der Waals surface area contributed by atoms with Crippen LogP contribution in [0.1, 0.15) is 25.5 Å². The van der Waals surface area contributed by atoms with Crippen LogP contribution in [-0.2, 0) is 16.0 Å². The van der Waals surface area contributed by atoms with E-state index in [1.807, 2.05) is 6.92 Å². The predicted molar refractivity (Wildman–Crippen MR) is 105 cm³/mol. The van der Waals surface area contributed by atoms with Crippen LogP contribution in [-0.4, -0.2) is 49.5 Å². The monoisotopic (exact) mass is 426 g/mol. The topological polar surface area (TPSA) is 130 Å². The standard InChI is InChI=1S/C15H18N6O3S3/c1-2-25-15-21-20-14(27-15)19-12(24)7-26-13-17-9(6-11(23)18-13)5-10(22)16-8-3-4-8/h6,8H,2-5,7H2,1H3,(H,16,22)(H,17,18,23)(H,19,20,24). The van der Waals surface area contributed by atoms with Crippen LogP contribution < -0.4 is 16.2 Å². The summed E-state index contributed by atoms with van der Waals surface area (Å²) in [5.74, 6) is 0.508. The Hall–Kier alpha value is -1.92. The maximum Gasteiger partial charge on any atom is 0.251 e. The second-order valence-electron chi connectivity index (χ2n) is 5.70. The molecule has 9 nitrogen and oxygen atoms in total. The van der Waals surface area contributed by atoms with E-state index in [0.717, 1.165) is 34.7 Å². The quantitative estimate of drug-likeness (QED) is 0.311. The van der Waals surface area contributed by atoms with Crippen LogP contribution in [0.2, 0.25) is 0 Å². The number of nitrogens with zero attached hydrogens (tertiary/aromatic N) is 3. The Balaban J connectivity index is 1.52. The van der Waals surface area contributed by atoms with Crippen molar-refractivity contribution < 1.29 is 9.59 Å². The number of anilines is 1. The number of aromatic nitrogens is 4. The van der Waals surface area contributed by atoms with Crippen LogP contribution in [0.3, 0.4) is 0 Å². The molecule has 2 amide bonds. The number of hydrogen-bond acceptors (Lipinski definition) is 9. The number of thioether (sulfide) groups is 2. The lowest BCUT2D eigenvalue weighted by Crippen LogP contribution is -2.28. The van der Waals surface area contributed by atoms with Crippen molar-refractivity contribution in [3.8, 4) is 0 Å². The molecule has 2 aromatic heterocycles. The van der Waals surface area contributed by atoms with Crippen molar-refractivity contribution in [1.29, 1.82) is 0 Å². The van der Waals surface area contributed by atoms with E-state index >= 15 is 0 Å². The molecule has 0 atom stereocenters. The number of H-pyrrole nitrogens is 1. The zero-order valence-electron chi connectivity index (χ0n) is 14.5. The minimum absolute atomic E-state index is 0.0445. The summed E-state index contributed by atoms with van der Waals surface area (Å²) >= 11 is 3.95. The third-order valence-electron chi connectivity index (χ3n) is 3.32. The van der Waals surface area contributed by atoms with Crippen LogP contribution in [0.5, 0.6) is 0 Å². The van der Waals surface area contributed by atoms with Gasteiger partial charge >= 0.3 is 0 Å². The zero-order valence-corrected chi connectivity index (χ0v) is 16.9. The van der Waals surface area contributed by atoms with Crippen LogP contribution in [0.15, 0.2) is 20.4 Å². The molecule has 0 saturated heterocycles. The molecule has 0 bridgehead atoms. The molecular formula is C15H18N6O3S3. The van der Waals surface area contributed by atoms with E-state index in [2.05, 4.69) is 30.8 Å². The lowest BCUT2D eigenvalue weighted by molar-refractivity contribution is -0.120. The summed E-state index contributed by atoms with van der Waals surface area (Å²) in [4.78, 5) is 42.5. The first-order valence-corrected chi connectivity index (χ1v) is 11.1. The van der Waals surface area contributed by atoms with Gasteiger partial charge in [0.25, 0.3) is 5.56 Å². The van der Waals surface area contributed by atoms with Crippen molar-refractivity contribution in [2.45, 2.75) is 41.7 Å². The maximum atomic E-state index is 12.0. The lowest BCUT2D eigenvalue weighted by atomic mass is 10.3. The minimum atomic E-state index is -0.354. The average Bonchev–Trinajstić information content (AvgIpc) is 3.30. The van der Waals surface area contributed by atoms with Crippen molar-refractivity contribution in [2.24, 2.45) is 0 Å². The second-order valence-corrected chi connectivity index (χ2v) is 9.16. The number of nitrogens with one attached hydrogen (secondary N) is 3. The molecule has 2 aromatic rings. The van der Waals surface area contributed by atoms with E-state index in [1.165, 1.54) is 17.4 Å². The smallest absolute Gasteiger partial charge is 0.251 e. The van der Waals surface area contributed by atoms with Crippen LogP contribution in [0.4, 0.5) is 5.13 Å². The Kier molecular flexibility index (Phi) is 6.85. The molecule has 3 N–H and O–H groups in total. The molecule has 3 rings (SSSR count). The van der Waals surface area contributed by atoms with Gasteiger partial charge in [0.15, 0.2) is 9.50 Å². The molecule has 27 heavy (non-hydrogen) atoms. The minimum Gasteiger partial charge on any atom is -0.353 e. The second kappa shape index (κ2) is 9.33. The fourth-order valence-corrected chi connectivity index (χ4v) is 4.40. The van der Waals surface area contributed by atoms with Crippen molar-refractivity contribution in [3.63, 3.8) is 0 Å². The maximum absolute atomic E-state index is 12.0. The summed E-state index contributed by atoms with van der Waals surface area (Å²) in [6, 6.07) is 1.55. The summed E-state index contributed by atoms with van der Waals surface area (Å²) in [7, 11) is 0. The molecule has 1 fully saturated rings. The Bertz CT molecular complexity index is 880. The highest BCUT2D eigenvalue weighted by Gasteiger charge is 2.23. The number of carbonyl (C=O) groups excluding carboxylic acids is 2. The molecule has 12 heteroatoms. The molecule has 1 saturated carbocycles. The third kappa shape index (κ3) is 6.63. The van der Waals surface area contributed by atoms with Gasteiger partial charge in [-0.15, -0.1) is 10.2 Å². The van der Waals surface area contributed by atoms with Gasteiger partial charge in [0.2, 0.25) is 16.9 Å². The number of aromatic amines is 1. The molecule has 0 radical (unpaired) electrons. The molecular weight excluding hydrogens is 408 g/mol. The molecule has 0 unspecified atom stereocenters. The van der Waals surface area contributed by atoms with Gasteiger partial charge in [-0.2, -0.15) is 0 Å². The molecule has 0 aliphatic heterocycles. The summed E-state index contributed by atoms with van der Waals surface area (Å²) in [5, 5.41) is 14.1. The van der Waals surface area contributed by atoms with E-state index in [9.17, 15) is 14.4 Å². The van der Waals surface area contributed by atoms with Gasteiger partial charge in [-0.1, -0.05) is 41.8 Å². The van der Waals surface area contributed by atoms with Gasteiger partial charge in [0.1, 0.15) is 0 Å². The van der Waals surface area contributed by atoms with E-state index in [1.54, 1.807) is 11.8 Å². The summed E-state index contributed by atoms with van der Waals surface area (Å²) < 4.78 is 0.795. The van der Waals surface area contributed by atoms with Crippen LogP contribution in [0, 0.1) is 0 Å². The zero-order chi connectivity index (χ0) is 19.2. The largest absolute Gasteiger partial charge is 0.353 e. The highest BCUT2D eigenvalue weighted by atomic mass is 32.2. The Morgan fingerprint density at radius 3 is 2.85 bits per heavy atom. The fourth-order valence-electron chi connectivity index (χ4n) is 2.04. The first kappa shape index (κ1) is 19.8. The van der Waals surface area contributed by atoms with Crippen molar-refractivity contribution in [2.75, 3.05) is 16.8 Å². The molecule has 1 aliphatic rings. The molecule has 0 spiro atoms. The summed E-state index contributed by atoms with van der Waals surface area (Å²) in [6.07, 6.45) is 2.04. The van der Waals surface area contributed by atoms with Crippen molar-refractivity contribution >= 4 is 51.8 Å². The summed E-state index contributed by atoms with van der Waals surface area (Å²) in [6.45, 7) is 2.01. The summed E-state index contributed by atoms with van der Waals surface area (Å²) in [5.41, 5.74) is 0.0256. The molecule has 0 aromatic carbocycles. The third-order valence-corrected chi connectivity index (χ3v) is 6.05. The van der Waals surface area contributed by atoms with Crippen LogP contribution in [0.25, 0.3) is 0 Å². The SMILES string of the molecule is CCSc1nnc(NC(=O)CSc2nc(CC(=O)NC3CC3)cc(=O)[nH]2)s1. The van der Waals surface area contributed by atoms with E-state index in [4.69, 9.17) is 0 Å². The van der Waals surface area contributed by atoms with Gasteiger partial charge < -0.3 is 10.3 Å². The Morgan fingerprint density at radius 2 is 2.11 bits per heavy atom. The average molecular weight is 427 g/mol. The first-order chi connectivity index (χ1) is 13.0. The highest BCUT2D eigenvalue weighted by molar-refractivity contribution is 8.01. The van der Waals surface area contributed by atoms with E-state index < -0.39 is 0 Å². The lowest BCUT2D eigenvalue weighted by Gasteiger charge is -2.05. The van der Waals surface area contributed by atoms with E-state index in [0.29, 0.717) is 16.0 Å². The Morgan fingerprint density at radius 1 is 1.30 bits per heavy atom. The molecule has 144 valence electrons. The van der Waals surface area contributed by atoms with Gasteiger partial charge in [-0.25, -0.2) is 4.98 Å². The first-order valence-electron chi connectivity index (χ1n) is 8.30.